The van der Waals surface area contributed by atoms with Crippen LogP contribution >= 0.6 is 11.3 Å². The Labute approximate surface area is 154 Å². The summed E-state index contributed by atoms with van der Waals surface area (Å²) in [5, 5.41) is 14.6. The minimum absolute atomic E-state index is 0.432. The van der Waals surface area contributed by atoms with Crippen LogP contribution in [0.1, 0.15) is 82.5 Å². The number of carbonyl (C=O) groups excluding carboxylic acids is 1. The number of thiophene rings is 1. The lowest BCUT2D eigenvalue weighted by Gasteiger charge is -2.05. The molecule has 5 nitrogen and oxygen atoms in total. The van der Waals surface area contributed by atoms with Crippen LogP contribution in [-0.4, -0.2) is 26.1 Å². The van der Waals surface area contributed by atoms with E-state index in [4.69, 9.17) is 0 Å². The molecule has 0 atom stereocenters. The molecule has 2 rings (SSSR count). The average molecular weight is 361 g/mol. The number of tetrazole rings is 1. The largest absolute Gasteiger partial charge is 0.233 e. The third-order valence-electron chi connectivity index (χ3n) is 4.40. The van der Waals surface area contributed by atoms with Crippen molar-refractivity contribution in [3.8, 4) is 5.00 Å². The summed E-state index contributed by atoms with van der Waals surface area (Å²) in [6, 6.07) is 2.13. The van der Waals surface area contributed by atoms with Crippen molar-refractivity contribution in [2.24, 2.45) is 0 Å². The van der Waals surface area contributed by atoms with Gasteiger partial charge in [0.15, 0.2) is 5.82 Å². The molecule has 0 unspecified atom stereocenters. The van der Waals surface area contributed by atoms with Crippen LogP contribution in [0.4, 0.5) is 0 Å². The lowest BCUT2D eigenvalue weighted by Crippen LogP contribution is -2.01. The van der Waals surface area contributed by atoms with E-state index in [2.05, 4.69) is 33.9 Å². The Bertz CT molecular complexity index is 658. The van der Waals surface area contributed by atoms with Gasteiger partial charge in [0.25, 0.3) is 0 Å². The molecule has 0 aliphatic heterocycles. The first-order valence-electron chi connectivity index (χ1n) is 9.42. The second-order valence-corrected chi connectivity index (χ2v) is 7.29. The lowest BCUT2D eigenvalue weighted by molar-refractivity contribution is 0.556. The molecule has 0 fully saturated rings. The predicted molar refractivity (Wildman–Crippen MR) is 103 cm³/mol. The summed E-state index contributed by atoms with van der Waals surface area (Å²) in [5.41, 5.74) is 1.25. The predicted octanol–water partition coefficient (Wildman–Crippen LogP) is 5.03. The second-order valence-electron chi connectivity index (χ2n) is 6.39. The maximum Gasteiger partial charge on any atom is 0.191 e. The van der Waals surface area contributed by atoms with Gasteiger partial charge in [0.2, 0.25) is 0 Å². The van der Waals surface area contributed by atoms with E-state index in [1.807, 2.05) is 0 Å². The highest BCUT2D eigenvalue weighted by Gasteiger charge is 2.12. The molecule has 2 heterocycles. The van der Waals surface area contributed by atoms with E-state index in [-0.39, 0.29) is 0 Å². The van der Waals surface area contributed by atoms with E-state index in [9.17, 15) is 4.79 Å². The van der Waals surface area contributed by atoms with Crippen LogP contribution in [0.15, 0.2) is 11.4 Å². The zero-order valence-electron chi connectivity index (χ0n) is 15.1. The molecule has 0 aromatic carbocycles. The van der Waals surface area contributed by atoms with Gasteiger partial charge in [0.05, 0.1) is 6.08 Å². The Balaban J connectivity index is 1.68. The molecule has 0 bridgehead atoms. The number of hydrogen-bond donors (Lipinski definition) is 0. The zero-order valence-corrected chi connectivity index (χ0v) is 15.9. The van der Waals surface area contributed by atoms with Crippen LogP contribution in [0.5, 0.6) is 0 Å². The number of unbranched alkanes of at least 4 members (excludes halogenated alkanes) is 9. The average Bonchev–Trinajstić information content (AvgIpc) is 3.25. The van der Waals surface area contributed by atoms with E-state index in [1.165, 1.54) is 75.8 Å². The van der Waals surface area contributed by atoms with E-state index >= 15 is 0 Å². The van der Waals surface area contributed by atoms with Gasteiger partial charge in [0, 0.05) is 0 Å². The van der Waals surface area contributed by atoms with E-state index < -0.39 is 0 Å². The Hall–Kier alpha value is -1.78. The number of rotatable bonds is 13. The first kappa shape index (κ1) is 19.5. The van der Waals surface area contributed by atoms with Gasteiger partial charge < -0.3 is 0 Å². The third-order valence-corrected chi connectivity index (χ3v) is 5.33. The van der Waals surface area contributed by atoms with Gasteiger partial charge in [-0.15, -0.1) is 16.4 Å². The summed E-state index contributed by atoms with van der Waals surface area (Å²) < 4.78 is 1.63. The lowest BCUT2D eigenvalue weighted by atomic mass is 10.0. The summed E-state index contributed by atoms with van der Waals surface area (Å²) in [7, 11) is 0. The van der Waals surface area contributed by atoms with Crippen molar-refractivity contribution in [1.29, 1.82) is 0 Å². The fraction of sp³-hybridized carbons (Fsp3) is 0.632. The molecule has 2 aromatic heterocycles. The van der Waals surface area contributed by atoms with Crippen LogP contribution in [0, 0.1) is 0 Å². The molecule has 136 valence electrons. The van der Waals surface area contributed by atoms with Crippen LogP contribution in [0.3, 0.4) is 0 Å². The summed E-state index contributed by atoms with van der Waals surface area (Å²) >= 11 is 1.60. The SMILES string of the molecule is CCCCCCCCCCCCc1ccsc1-n1nnnc1C=C=O. The van der Waals surface area contributed by atoms with E-state index in [1.54, 1.807) is 22.0 Å². The number of nitrogens with zero attached hydrogens (tertiary/aromatic N) is 4. The minimum Gasteiger partial charge on any atom is -0.233 e. The number of aryl methyl sites for hydroxylation is 1. The van der Waals surface area contributed by atoms with E-state index in [0.717, 1.165) is 11.4 Å². The Morgan fingerprint density at radius 1 is 1.08 bits per heavy atom. The Kier molecular flexibility index (Phi) is 9.16. The van der Waals surface area contributed by atoms with Crippen molar-refractivity contribution in [2.45, 2.75) is 77.6 Å². The molecule has 0 saturated heterocycles. The number of hydrogen-bond acceptors (Lipinski definition) is 5. The quantitative estimate of drug-likeness (QED) is 0.371. The standard InChI is InChI=1S/C19H28N4OS/c1-2-3-4-5-6-7-8-9-10-11-12-17-14-16-25-19(17)23-18(13-15-24)20-21-22-23/h13-14,16H,2-12H2,1H3. The van der Waals surface area contributed by atoms with Crippen molar-refractivity contribution < 1.29 is 4.79 Å². The van der Waals surface area contributed by atoms with E-state index in [0.29, 0.717) is 5.82 Å². The zero-order chi connectivity index (χ0) is 17.7. The van der Waals surface area contributed by atoms with Gasteiger partial charge in [-0.3, -0.25) is 0 Å². The minimum atomic E-state index is 0.432. The van der Waals surface area contributed by atoms with Gasteiger partial charge in [-0.05, 0) is 40.3 Å². The van der Waals surface area contributed by atoms with Crippen LogP contribution < -0.4 is 0 Å². The normalized spacial score (nSPS) is 10.8. The molecule has 0 N–H and O–H groups in total. The molecule has 6 heteroatoms. The third kappa shape index (κ3) is 6.56. The van der Waals surface area contributed by atoms with Crippen molar-refractivity contribution in [2.75, 3.05) is 0 Å². The highest BCUT2D eigenvalue weighted by molar-refractivity contribution is 7.12. The maximum atomic E-state index is 10.6. The molecule has 25 heavy (non-hydrogen) atoms. The van der Waals surface area contributed by atoms with Gasteiger partial charge in [-0.2, -0.15) is 4.68 Å². The second kappa shape index (κ2) is 11.7. The fourth-order valence-electron chi connectivity index (χ4n) is 2.99. The molecule has 0 radical (unpaired) electrons. The van der Waals surface area contributed by atoms with Crippen molar-refractivity contribution >= 4 is 23.4 Å². The molecule has 2 aromatic rings. The number of aromatic nitrogens is 4. The molecule has 0 aliphatic carbocycles. The van der Waals surface area contributed by atoms with Gasteiger partial charge in [-0.25, -0.2) is 4.79 Å². The monoisotopic (exact) mass is 360 g/mol. The molecule has 0 aliphatic rings. The smallest absolute Gasteiger partial charge is 0.191 e. The van der Waals surface area contributed by atoms with Crippen LogP contribution in [-0.2, 0) is 11.2 Å². The molecular formula is C19H28N4OS. The highest BCUT2D eigenvalue weighted by Crippen LogP contribution is 2.24. The Morgan fingerprint density at radius 2 is 1.76 bits per heavy atom. The van der Waals surface area contributed by atoms with Gasteiger partial charge in [0.1, 0.15) is 10.9 Å². The van der Waals surface area contributed by atoms with Crippen molar-refractivity contribution in [1.82, 2.24) is 20.2 Å². The Morgan fingerprint density at radius 3 is 2.44 bits per heavy atom. The first-order valence-corrected chi connectivity index (χ1v) is 10.3. The summed E-state index contributed by atoms with van der Waals surface area (Å²) in [5.74, 6) is 2.18. The van der Waals surface area contributed by atoms with Crippen molar-refractivity contribution in [3.63, 3.8) is 0 Å². The summed E-state index contributed by atoms with van der Waals surface area (Å²) in [6.07, 6.45) is 15.7. The first-order chi connectivity index (χ1) is 12.4. The maximum absolute atomic E-state index is 10.6. The van der Waals surface area contributed by atoms with Crippen LogP contribution in [0.25, 0.3) is 11.1 Å². The summed E-state index contributed by atoms with van der Waals surface area (Å²) in [6.45, 7) is 2.26. The highest BCUT2D eigenvalue weighted by atomic mass is 32.1. The fourth-order valence-corrected chi connectivity index (χ4v) is 3.90. The summed E-state index contributed by atoms with van der Waals surface area (Å²) in [4.78, 5) is 10.6. The molecular weight excluding hydrogens is 332 g/mol. The molecule has 0 saturated carbocycles. The van der Waals surface area contributed by atoms with Gasteiger partial charge in [-0.1, -0.05) is 64.7 Å². The molecule has 0 spiro atoms. The topological polar surface area (TPSA) is 60.7 Å². The van der Waals surface area contributed by atoms with Crippen LogP contribution in [0.2, 0.25) is 0 Å². The van der Waals surface area contributed by atoms with Crippen molar-refractivity contribution in [3.05, 3.63) is 22.8 Å². The van der Waals surface area contributed by atoms with Gasteiger partial charge >= 0.3 is 0 Å². The molecule has 0 amide bonds.